The number of carbonyl (C=O) groups is 2. The van der Waals surface area contributed by atoms with Crippen molar-refractivity contribution in [2.45, 2.75) is 0 Å². The third kappa shape index (κ3) is 3.49. The van der Waals surface area contributed by atoms with E-state index in [1.54, 1.807) is 4.90 Å². The zero-order valence-corrected chi connectivity index (χ0v) is 11.8. The van der Waals surface area contributed by atoms with Crippen LogP contribution in [0.2, 0.25) is 0 Å². The van der Waals surface area contributed by atoms with E-state index in [4.69, 9.17) is 0 Å². The van der Waals surface area contributed by atoms with Crippen molar-refractivity contribution in [1.29, 1.82) is 0 Å². The summed E-state index contributed by atoms with van der Waals surface area (Å²) in [4.78, 5) is 27.0. The fourth-order valence-corrected chi connectivity index (χ4v) is 2.20. The molecule has 1 aliphatic rings. The van der Waals surface area contributed by atoms with Crippen LogP contribution in [-0.4, -0.2) is 66.5 Å². The van der Waals surface area contributed by atoms with Crippen LogP contribution in [0, 0.1) is 5.82 Å². The quantitative estimate of drug-likeness (QED) is 0.825. The molecule has 0 spiro atoms. The first kappa shape index (κ1) is 15.2. The molecule has 1 heterocycles. The first-order valence-electron chi connectivity index (χ1n) is 6.72. The summed E-state index contributed by atoms with van der Waals surface area (Å²) in [6.07, 6.45) is 0. The number of likely N-dealkylation sites (N-methyl/N-ethyl adjacent to an activating group) is 1. The summed E-state index contributed by atoms with van der Waals surface area (Å²) in [6.45, 7) is 2.47. The van der Waals surface area contributed by atoms with Crippen LogP contribution in [0.1, 0.15) is 10.4 Å². The molecular formula is C14H18FN3O3. The van der Waals surface area contributed by atoms with Gasteiger partial charge >= 0.3 is 0 Å². The van der Waals surface area contributed by atoms with Gasteiger partial charge in [0.1, 0.15) is 17.1 Å². The Morgan fingerprint density at radius 1 is 1.38 bits per heavy atom. The maximum Gasteiger partial charge on any atom is 0.260 e. The molecule has 0 unspecified atom stereocenters. The number of amides is 2. The van der Waals surface area contributed by atoms with Gasteiger partial charge in [0.05, 0.1) is 6.54 Å². The molecule has 0 aromatic heterocycles. The molecule has 1 aromatic rings. The number of nitrogens with zero attached hydrogens (tertiary/aromatic N) is 2. The summed E-state index contributed by atoms with van der Waals surface area (Å²) in [5.41, 5.74) is -0.409. The van der Waals surface area contributed by atoms with Gasteiger partial charge in [0, 0.05) is 33.2 Å². The molecule has 1 aliphatic heterocycles. The number of halogens is 1. The average molecular weight is 295 g/mol. The van der Waals surface area contributed by atoms with Crippen LogP contribution in [-0.2, 0) is 4.79 Å². The van der Waals surface area contributed by atoms with Crippen LogP contribution >= 0.6 is 0 Å². The Labute approximate surface area is 122 Å². The van der Waals surface area contributed by atoms with E-state index in [0.29, 0.717) is 13.1 Å². The van der Waals surface area contributed by atoms with Crippen molar-refractivity contribution < 1.29 is 19.1 Å². The van der Waals surface area contributed by atoms with E-state index in [1.807, 2.05) is 0 Å². The number of hydrogen-bond acceptors (Lipinski definition) is 4. The predicted molar refractivity (Wildman–Crippen MR) is 74.5 cm³/mol. The number of carbonyl (C=O) groups excluding carboxylic acids is 2. The zero-order chi connectivity index (χ0) is 15.4. The molecule has 1 fully saturated rings. The molecule has 6 nitrogen and oxygen atoms in total. The normalized spacial score (nSPS) is 14.9. The lowest BCUT2D eigenvalue weighted by molar-refractivity contribution is -0.132. The number of nitrogens with one attached hydrogen (secondary N) is 1. The van der Waals surface area contributed by atoms with Gasteiger partial charge in [0.15, 0.2) is 0 Å². The molecule has 114 valence electrons. The van der Waals surface area contributed by atoms with Gasteiger partial charge in [-0.1, -0.05) is 6.07 Å². The molecule has 0 radical (unpaired) electrons. The van der Waals surface area contributed by atoms with Crippen molar-refractivity contribution in [1.82, 2.24) is 15.1 Å². The van der Waals surface area contributed by atoms with Crippen LogP contribution in [0.15, 0.2) is 18.2 Å². The fraction of sp³-hybridized carbons (Fsp3) is 0.429. The zero-order valence-electron chi connectivity index (χ0n) is 11.8. The van der Waals surface area contributed by atoms with Gasteiger partial charge in [0.2, 0.25) is 5.91 Å². The number of piperazine rings is 1. The number of benzene rings is 1. The summed E-state index contributed by atoms with van der Waals surface area (Å²) in [6, 6.07) is 3.65. The number of aromatic hydroxyl groups is 1. The molecule has 2 amide bonds. The second-order valence-electron chi connectivity index (χ2n) is 4.93. The highest BCUT2D eigenvalue weighted by molar-refractivity contribution is 5.98. The molecular weight excluding hydrogens is 277 g/mol. The van der Waals surface area contributed by atoms with E-state index >= 15 is 0 Å². The molecule has 0 bridgehead atoms. The van der Waals surface area contributed by atoms with Gasteiger partial charge < -0.3 is 20.2 Å². The van der Waals surface area contributed by atoms with Crippen molar-refractivity contribution in [3.8, 4) is 5.75 Å². The number of phenols is 1. The molecule has 2 N–H and O–H groups in total. The van der Waals surface area contributed by atoms with Gasteiger partial charge in [-0.2, -0.15) is 0 Å². The lowest BCUT2D eigenvalue weighted by Crippen LogP contribution is -2.49. The maximum absolute atomic E-state index is 13.6. The molecule has 7 heteroatoms. The monoisotopic (exact) mass is 295 g/mol. The summed E-state index contributed by atoms with van der Waals surface area (Å²) < 4.78 is 13.6. The summed E-state index contributed by atoms with van der Waals surface area (Å²) in [7, 11) is 1.41. The third-order valence-electron chi connectivity index (χ3n) is 3.39. The molecule has 0 saturated carbocycles. The summed E-state index contributed by atoms with van der Waals surface area (Å²) in [5.74, 6) is -2.14. The first-order chi connectivity index (χ1) is 10.0. The van der Waals surface area contributed by atoms with Crippen LogP contribution in [0.5, 0.6) is 5.75 Å². The van der Waals surface area contributed by atoms with E-state index < -0.39 is 23.0 Å². The Morgan fingerprint density at radius 3 is 2.67 bits per heavy atom. The SMILES string of the molecule is CN(CC(=O)N1CCNCC1)C(=O)c1c(O)cccc1F. The Balaban J connectivity index is 2.04. The lowest BCUT2D eigenvalue weighted by Gasteiger charge is -2.29. The van der Waals surface area contributed by atoms with Gasteiger partial charge in [-0.05, 0) is 12.1 Å². The molecule has 1 saturated heterocycles. The van der Waals surface area contributed by atoms with Crippen LogP contribution in [0.4, 0.5) is 4.39 Å². The summed E-state index contributed by atoms with van der Waals surface area (Å²) in [5, 5.41) is 12.7. The van der Waals surface area contributed by atoms with Crippen LogP contribution in [0.3, 0.4) is 0 Å². The maximum atomic E-state index is 13.6. The number of hydrogen-bond donors (Lipinski definition) is 2. The van der Waals surface area contributed by atoms with E-state index in [1.165, 1.54) is 19.2 Å². The second kappa shape index (κ2) is 6.53. The minimum absolute atomic E-state index is 0.146. The smallest absolute Gasteiger partial charge is 0.260 e. The molecule has 0 atom stereocenters. The molecule has 1 aromatic carbocycles. The Morgan fingerprint density at radius 2 is 2.05 bits per heavy atom. The van der Waals surface area contributed by atoms with E-state index in [9.17, 15) is 19.1 Å². The minimum atomic E-state index is -0.804. The van der Waals surface area contributed by atoms with E-state index in [2.05, 4.69) is 5.32 Å². The average Bonchev–Trinajstić information content (AvgIpc) is 2.47. The van der Waals surface area contributed by atoms with Gasteiger partial charge in [0.25, 0.3) is 5.91 Å². The van der Waals surface area contributed by atoms with E-state index in [0.717, 1.165) is 24.1 Å². The van der Waals surface area contributed by atoms with Crippen molar-refractivity contribution >= 4 is 11.8 Å². The highest BCUT2D eigenvalue weighted by atomic mass is 19.1. The van der Waals surface area contributed by atoms with Crippen molar-refractivity contribution in [2.75, 3.05) is 39.8 Å². The third-order valence-corrected chi connectivity index (χ3v) is 3.39. The Hall–Kier alpha value is -2.15. The fourth-order valence-electron chi connectivity index (χ4n) is 2.20. The summed E-state index contributed by atoms with van der Waals surface area (Å²) >= 11 is 0. The van der Waals surface area contributed by atoms with Crippen molar-refractivity contribution in [2.24, 2.45) is 0 Å². The highest BCUT2D eigenvalue weighted by Gasteiger charge is 2.24. The first-order valence-corrected chi connectivity index (χ1v) is 6.72. The van der Waals surface area contributed by atoms with Gasteiger partial charge in [-0.15, -0.1) is 0 Å². The van der Waals surface area contributed by atoms with Gasteiger partial charge in [-0.3, -0.25) is 9.59 Å². The van der Waals surface area contributed by atoms with Crippen LogP contribution in [0.25, 0.3) is 0 Å². The predicted octanol–water partition coefficient (Wildman–Crippen LogP) is 0.0351. The van der Waals surface area contributed by atoms with Crippen LogP contribution < -0.4 is 5.32 Å². The Bertz CT molecular complexity index is 524. The Kier molecular flexibility index (Phi) is 4.74. The van der Waals surface area contributed by atoms with E-state index in [-0.39, 0.29) is 12.5 Å². The lowest BCUT2D eigenvalue weighted by atomic mass is 10.1. The largest absolute Gasteiger partial charge is 0.507 e. The standard InChI is InChI=1S/C14H18FN3O3/c1-17(9-12(20)18-7-5-16-6-8-18)14(21)13-10(15)3-2-4-11(13)19/h2-4,16,19H,5-9H2,1H3. The van der Waals surface area contributed by atoms with Crippen molar-refractivity contribution in [3.05, 3.63) is 29.6 Å². The minimum Gasteiger partial charge on any atom is -0.507 e. The number of phenolic OH excluding ortho intramolecular Hbond substituents is 1. The molecule has 2 rings (SSSR count). The van der Waals surface area contributed by atoms with Crippen molar-refractivity contribution in [3.63, 3.8) is 0 Å². The molecule has 0 aliphatic carbocycles. The molecule has 21 heavy (non-hydrogen) atoms. The second-order valence-corrected chi connectivity index (χ2v) is 4.93. The number of rotatable bonds is 3. The highest BCUT2D eigenvalue weighted by Crippen LogP contribution is 2.21. The topological polar surface area (TPSA) is 72.9 Å². The van der Waals surface area contributed by atoms with Gasteiger partial charge in [-0.25, -0.2) is 4.39 Å².